The van der Waals surface area contributed by atoms with Crippen molar-refractivity contribution in [3.8, 4) is 0 Å². The Morgan fingerprint density at radius 1 is 1.64 bits per heavy atom. The average Bonchev–Trinajstić information content (AvgIpc) is 2.76. The first-order valence-corrected chi connectivity index (χ1v) is 5.14. The van der Waals surface area contributed by atoms with Crippen LogP contribution in [0, 0.1) is 0 Å². The maximum absolute atomic E-state index is 4.33. The van der Waals surface area contributed by atoms with Gasteiger partial charge in [0, 0.05) is 38.9 Å². The van der Waals surface area contributed by atoms with Crippen LogP contribution in [0.1, 0.15) is 12.1 Å². The van der Waals surface area contributed by atoms with E-state index >= 15 is 0 Å². The normalized spacial score (nSPS) is 23.1. The van der Waals surface area contributed by atoms with Crippen LogP contribution in [0.3, 0.4) is 0 Å². The fourth-order valence-corrected chi connectivity index (χ4v) is 1.99. The van der Waals surface area contributed by atoms with Crippen molar-refractivity contribution in [3.63, 3.8) is 0 Å². The molecule has 78 valence electrons. The van der Waals surface area contributed by atoms with Crippen LogP contribution in [-0.4, -0.2) is 40.6 Å². The molecular weight excluding hydrogens is 176 g/mol. The van der Waals surface area contributed by atoms with E-state index in [2.05, 4.69) is 21.4 Å². The van der Waals surface area contributed by atoms with Crippen molar-refractivity contribution in [1.82, 2.24) is 19.8 Å². The van der Waals surface area contributed by atoms with E-state index in [0.29, 0.717) is 6.04 Å². The highest BCUT2D eigenvalue weighted by Gasteiger charge is 2.21. The maximum Gasteiger partial charge on any atom is 0.0947 e. The Balaban J connectivity index is 1.87. The Labute approximate surface area is 84.9 Å². The summed E-state index contributed by atoms with van der Waals surface area (Å²) in [4.78, 5) is 6.78. The lowest BCUT2D eigenvalue weighted by atomic mass is 10.3. The summed E-state index contributed by atoms with van der Waals surface area (Å²) in [5, 5.41) is 3.32. The number of nitrogens with one attached hydrogen (secondary N) is 1. The zero-order chi connectivity index (χ0) is 9.97. The van der Waals surface area contributed by atoms with Crippen molar-refractivity contribution in [1.29, 1.82) is 0 Å². The summed E-state index contributed by atoms with van der Waals surface area (Å²) in [5.41, 5.74) is 1.17. The molecule has 1 saturated heterocycles. The summed E-state index contributed by atoms with van der Waals surface area (Å²) in [7, 11) is 4.05. The zero-order valence-electron chi connectivity index (χ0n) is 8.90. The number of likely N-dealkylation sites (N-methyl/N-ethyl adjacent to an activating group) is 1. The first-order valence-electron chi connectivity index (χ1n) is 5.14. The van der Waals surface area contributed by atoms with Gasteiger partial charge in [-0.1, -0.05) is 0 Å². The number of rotatable bonds is 3. The van der Waals surface area contributed by atoms with Gasteiger partial charge in [-0.05, 0) is 13.5 Å². The summed E-state index contributed by atoms with van der Waals surface area (Å²) in [6, 6.07) is 0.665. The molecule has 0 spiro atoms. The highest BCUT2D eigenvalue weighted by Crippen LogP contribution is 2.11. The molecule has 4 nitrogen and oxygen atoms in total. The highest BCUT2D eigenvalue weighted by atomic mass is 15.2. The van der Waals surface area contributed by atoms with Crippen LogP contribution in [0.2, 0.25) is 0 Å². The molecule has 0 radical (unpaired) electrons. The van der Waals surface area contributed by atoms with Gasteiger partial charge in [0.1, 0.15) is 0 Å². The monoisotopic (exact) mass is 194 g/mol. The first-order chi connectivity index (χ1) is 6.78. The molecule has 4 heteroatoms. The second-order valence-corrected chi connectivity index (χ2v) is 4.04. The quantitative estimate of drug-likeness (QED) is 0.747. The number of hydrogen-bond acceptors (Lipinski definition) is 3. The van der Waals surface area contributed by atoms with Gasteiger partial charge in [-0.15, -0.1) is 0 Å². The lowest BCUT2D eigenvalue weighted by molar-refractivity contribution is 0.319. The Kier molecular flexibility index (Phi) is 2.84. The maximum atomic E-state index is 4.33. The van der Waals surface area contributed by atoms with E-state index in [1.165, 1.54) is 18.7 Å². The third-order valence-corrected chi connectivity index (χ3v) is 2.82. The predicted molar refractivity (Wildman–Crippen MR) is 55.9 cm³/mol. The number of aryl methyl sites for hydroxylation is 1. The molecule has 1 aromatic rings. The lowest BCUT2D eigenvalue weighted by Crippen LogP contribution is -2.29. The summed E-state index contributed by atoms with van der Waals surface area (Å²) >= 11 is 0. The summed E-state index contributed by atoms with van der Waals surface area (Å²) in [6.45, 7) is 3.31. The number of likely N-dealkylation sites (tertiary alicyclic amines) is 1. The van der Waals surface area contributed by atoms with Crippen molar-refractivity contribution in [2.45, 2.75) is 19.0 Å². The fourth-order valence-electron chi connectivity index (χ4n) is 1.99. The molecule has 0 amide bonds. The van der Waals surface area contributed by atoms with Crippen LogP contribution in [0.15, 0.2) is 12.5 Å². The smallest absolute Gasteiger partial charge is 0.0947 e. The van der Waals surface area contributed by atoms with Crippen molar-refractivity contribution in [2.24, 2.45) is 7.05 Å². The van der Waals surface area contributed by atoms with Gasteiger partial charge in [-0.2, -0.15) is 0 Å². The SMILES string of the molecule is CNC1CCN(Cc2cn(C)cn2)C1. The largest absolute Gasteiger partial charge is 0.340 e. The lowest BCUT2D eigenvalue weighted by Gasteiger charge is -2.13. The number of hydrogen-bond donors (Lipinski definition) is 1. The van der Waals surface area contributed by atoms with E-state index in [1.54, 1.807) is 0 Å². The second kappa shape index (κ2) is 4.11. The molecule has 1 fully saturated rings. The van der Waals surface area contributed by atoms with E-state index in [0.717, 1.165) is 13.1 Å². The second-order valence-electron chi connectivity index (χ2n) is 4.04. The van der Waals surface area contributed by atoms with Crippen LogP contribution in [0.25, 0.3) is 0 Å². The van der Waals surface area contributed by atoms with E-state index < -0.39 is 0 Å². The van der Waals surface area contributed by atoms with E-state index in [1.807, 2.05) is 25.0 Å². The molecule has 0 aliphatic carbocycles. The predicted octanol–water partition coefficient (Wildman–Crippen LogP) is 0.214. The van der Waals surface area contributed by atoms with E-state index in [9.17, 15) is 0 Å². The minimum atomic E-state index is 0.665. The fraction of sp³-hybridized carbons (Fsp3) is 0.700. The van der Waals surface area contributed by atoms with E-state index in [-0.39, 0.29) is 0 Å². The molecule has 1 N–H and O–H groups in total. The molecule has 2 heterocycles. The standard InChI is InChI=1S/C10H18N4/c1-11-9-3-4-14(6-9)7-10-5-13(2)8-12-10/h5,8-9,11H,3-4,6-7H2,1-2H3. The third kappa shape index (κ3) is 2.13. The topological polar surface area (TPSA) is 33.1 Å². The molecule has 1 aliphatic rings. The molecule has 0 bridgehead atoms. The Hall–Kier alpha value is -0.870. The molecule has 1 aromatic heterocycles. The van der Waals surface area contributed by atoms with Crippen LogP contribution >= 0.6 is 0 Å². The summed E-state index contributed by atoms with van der Waals surface area (Å²) in [5.74, 6) is 0. The molecule has 0 saturated carbocycles. The number of aromatic nitrogens is 2. The van der Waals surface area contributed by atoms with Gasteiger partial charge in [0.15, 0.2) is 0 Å². The van der Waals surface area contributed by atoms with Crippen molar-refractivity contribution >= 4 is 0 Å². The average molecular weight is 194 g/mol. The molecule has 2 rings (SSSR count). The van der Waals surface area contributed by atoms with Gasteiger partial charge in [0.25, 0.3) is 0 Å². The zero-order valence-corrected chi connectivity index (χ0v) is 8.90. The summed E-state index contributed by atoms with van der Waals surface area (Å²) < 4.78 is 2.00. The van der Waals surface area contributed by atoms with Gasteiger partial charge in [-0.25, -0.2) is 4.98 Å². The Morgan fingerprint density at radius 3 is 3.07 bits per heavy atom. The molecule has 14 heavy (non-hydrogen) atoms. The van der Waals surface area contributed by atoms with Gasteiger partial charge >= 0.3 is 0 Å². The van der Waals surface area contributed by atoms with E-state index in [4.69, 9.17) is 0 Å². The Morgan fingerprint density at radius 2 is 2.50 bits per heavy atom. The molecular formula is C10H18N4. The van der Waals surface area contributed by atoms with Crippen LogP contribution in [-0.2, 0) is 13.6 Å². The molecule has 0 aromatic carbocycles. The van der Waals surface area contributed by atoms with Crippen LogP contribution in [0.4, 0.5) is 0 Å². The minimum absolute atomic E-state index is 0.665. The van der Waals surface area contributed by atoms with Crippen molar-refractivity contribution < 1.29 is 0 Å². The number of imidazole rings is 1. The number of nitrogens with zero attached hydrogens (tertiary/aromatic N) is 3. The van der Waals surface area contributed by atoms with Crippen LogP contribution in [0.5, 0.6) is 0 Å². The van der Waals surface area contributed by atoms with Crippen molar-refractivity contribution in [3.05, 3.63) is 18.2 Å². The summed E-state index contributed by atoms with van der Waals surface area (Å²) in [6.07, 6.45) is 5.21. The minimum Gasteiger partial charge on any atom is -0.340 e. The highest BCUT2D eigenvalue weighted by molar-refractivity contribution is 4.97. The molecule has 1 unspecified atom stereocenters. The van der Waals surface area contributed by atoms with Gasteiger partial charge in [0.2, 0.25) is 0 Å². The first kappa shape index (κ1) is 9.68. The van der Waals surface area contributed by atoms with Gasteiger partial charge in [-0.3, -0.25) is 4.90 Å². The Bertz CT molecular complexity index is 294. The van der Waals surface area contributed by atoms with Gasteiger partial charge in [0.05, 0.1) is 12.0 Å². The van der Waals surface area contributed by atoms with Crippen LogP contribution < -0.4 is 5.32 Å². The molecule has 1 aliphatic heterocycles. The van der Waals surface area contributed by atoms with Crippen molar-refractivity contribution in [2.75, 3.05) is 20.1 Å². The third-order valence-electron chi connectivity index (χ3n) is 2.82. The molecule has 1 atom stereocenters. The van der Waals surface area contributed by atoms with Gasteiger partial charge < -0.3 is 9.88 Å².